The van der Waals surface area contributed by atoms with Gasteiger partial charge in [-0.15, -0.1) is 0 Å². The SMILES string of the molecule is COCCCOCCN(C)C(=O)C1CCCN1. The number of nitrogens with one attached hydrogen (secondary N) is 1. The lowest BCUT2D eigenvalue weighted by molar-refractivity contribution is -0.132. The summed E-state index contributed by atoms with van der Waals surface area (Å²) in [5, 5.41) is 3.21. The van der Waals surface area contributed by atoms with E-state index in [4.69, 9.17) is 9.47 Å². The molecule has 1 heterocycles. The number of hydrogen-bond donors (Lipinski definition) is 1. The number of likely N-dealkylation sites (N-methyl/N-ethyl adjacent to an activating group) is 1. The van der Waals surface area contributed by atoms with Crippen molar-refractivity contribution in [3.8, 4) is 0 Å². The fraction of sp³-hybridized carbons (Fsp3) is 0.917. The molecule has 1 rings (SSSR count). The molecule has 0 aromatic rings. The van der Waals surface area contributed by atoms with Crippen molar-refractivity contribution in [1.82, 2.24) is 10.2 Å². The molecule has 17 heavy (non-hydrogen) atoms. The third-order valence-corrected chi connectivity index (χ3v) is 2.94. The summed E-state index contributed by atoms with van der Waals surface area (Å²) in [7, 11) is 3.52. The van der Waals surface area contributed by atoms with Crippen LogP contribution in [0.3, 0.4) is 0 Å². The van der Waals surface area contributed by atoms with E-state index in [1.54, 1.807) is 12.0 Å². The van der Waals surface area contributed by atoms with Crippen LogP contribution >= 0.6 is 0 Å². The molecule has 0 radical (unpaired) electrons. The fourth-order valence-electron chi connectivity index (χ4n) is 1.88. The van der Waals surface area contributed by atoms with E-state index in [1.165, 1.54) is 0 Å². The van der Waals surface area contributed by atoms with Crippen LogP contribution in [0.4, 0.5) is 0 Å². The molecule has 1 amide bonds. The van der Waals surface area contributed by atoms with Gasteiger partial charge >= 0.3 is 0 Å². The van der Waals surface area contributed by atoms with Crippen molar-refractivity contribution >= 4 is 5.91 Å². The van der Waals surface area contributed by atoms with Crippen LogP contribution in [-0.2, 0) is 14.3 Å². The Labute approximate surface area is 103 Å². The van der Waals surface area contributed by atoms with Crippen LogP contribution in [0.2, 0.25) is 0 Å². The molecular weight excluding hydrogens is 220 g/mol. The first-order valence-electron chi connectivity index (χ1n) is 6.30. The van der Waals surface area contributed by atoms with Gasteiger partial charge in [0.05, 0.1) is 12.6 Å². The van der Waals surface area contributed by atoms with Crippen LogP contribution in [0.5, 0.6) is 0 Å². The van der Waals surface area contributed by atoms with Crippen molar-refractivity contribution in [3.05, 3.63) is 0 Å². The van der Waals surface area contributed by atoms with Gasteiger partial charge in [0, 0.05) is 33.9 Å². The van der Waals surface area contributed by atoms with E-state index in [0.717, 1.165) is 32.4 Å². The van der Waals surface area contributed by atoms with E-state index >= 15 is 0 Å². The van der Waals surface area contributed by atoms with E-state index in [2.05, 4.69) is 5.32 Å². The monoisotopic (exact) mass is 244 g/mol. The van der Waals surface area contributed by atoms with Gasteiger partial charge in [0.1, 0.15) is 0 Å². The highest BCUT2D eigenvalue weighted by molar-refractivity contribution is 5.81. The van der Waals surface area contributed by atoms with Gasteiger partial charge in [-0.2, -0.15) is 0 Å². The minimum atomic E-state index is 0.0218. The van der Waals surface area contributed by atoms with Crippen LogP contribution in [0.15, 0.2) is 0 Å². The third-order valence-electron chi connectivity index (χ3n) is 2.94. The predicted molar refractivity (Wildman–Crippen MR) is 66.0 cm³/mol. The molecule has 1 fully saturated rings. The lowest BCUT2D eigenvalue weighted by Gasteiger charge is -2.21. The topological polar surface area (TPSA) is 50.8 Å². The van der Waals surface area contributed by atoms with Crippen LogP contribution in [0.25, 0.3) is 0 Å². The zero-order valence-electron chi connectivity index (χ0n) is 10.9. The van der Waals surface area contributed by atoms with E-state index in [-0.39, 0.29) is 11.9 Å². The molecular formula is C12H24N2O3. The summed E-state index contributed by atoms with van der Waals surface area (Å²) in [5.74, 6) is 0.183. The number of hydrogen-bond acceptors (Lipinski definition) is 4. The van der Waals surface area contributed by atoms with Crippen molar-refractivity contribution in [2.75, 3.05) is 47.1 Å². The van der Waals surface area contributed by atoms with Gasteiger partial charge in [-0.3, -0.25) is 4.79 Å². The normalized spacial score (nSPS) is 19.5. The van der Waals surface area contributed by atoms with E-state index < -0.39 is 0 Å². The molecule has 5 nitrogen and oxygen atoms in total. The Morgan fingerprint density at radius 1 is 1.41 bits per heavy atom. The van der Waals surface area contributed by atoms with E-state index in [1.807, 2.05) is 7.05 Å². The standard InChI is InChI=1S/C12H24N2O3/c1-14(7-10-17-9-4-8-16-2)12(15)11-5-3-6-13-11/h11,13H,3-10H2,1-2H3. The summed E-state index contributed by atoms with van der Waals surface area (Å²) >= 11 is 0. The smallest absolute Gasteiger partial charge is 0.239 e. The maximum atomic E-state index is 11.9. The van der Waals surface area contributed by atoms with Gasteiger partial charge in [0.15, 0.2) is 0 Å². The number of carbonyl (C=O) groups excluding carboxylic acids is 1. The quantitative estimate of drug-likeness (QED) is 0.622. The van der Waals surface area contributed by atoms with Crippen molar-refractivity contribution in [2.45, 2.75) is 25.3 Å². The summed E-state index contributed by atoms with van der Waals surface area (Å²) < 4.78 is 10.3. The molecule has 1 N–H and O–H groups in total. The number of rotatable bonds is 8. The molecule has 1 atom stereocenters. The second kappa shape index (κ2) is 8.44. The first kappa shape index (κ1) is 14.4. The maximum absolute atomic E-state index is 11.9. The molecule has 0 saturated carbocycles. The summed E-state index contributed by atoms with van der Waals surface area (Å²) in [6.07, 6.45) is 2.95. The summed E-state index contributed by atoms with van der Waals surface area (Å²) in [5.41, 5.74) is 0. The maximum Gasteiger partial charge on any atom is 0.239 e. The van der Waals surface area contributed by atoms with E-state index in [0.29, 0.717) is 19.8 Å². The van der Waals surface area contributed by atoms with Crippen molar-refractivity contribution in [1.29, 1.82) is 0 Å². The lowest BCUT2D eigenvalue weighted by Crippen LogP contribution is -2.42. The van der Waals surface area contributed by atoms with Crippen molar-refractivity contribution in [2.24, 2.45) is 0 Å². The summed E-state index contributed by atoms with van der Waals surface area (Å²) in [6.45, 7) is 3.62. The van der Waals surface area contributed by atoms with Gasteiger partial charge in [-0.05, 0) is 25.8 Å². The number of ether oxygens (including phenoxy) is 2. The molecule has 5 heteroatoms. The highest BCUT2D eigenvalue weighted by atomic mass is 16.5. The Bertz CT molecular complexity index is 218. The van der Waals surface area contributed by atoms with Gasteiger partial charge in [0.25, 0.3) is 0 Å². The lowest BCUT2D eigenvalue weighted by atomic mass is 10.2. The Kier molecular flexibility index (Phi) is 7.16. The third kappa shape index (κ3) is 5.48. The van der Waals surface area contributed by atoms with Crippen molar-refractivity contribution in [3.63, 3.8) is 0 Å². The van der Waals surface area contributed by atoms with Gasteiger partial charge in [0.2, 0.25) is 5.91 Å². The first-order chi connectivity index (χ1) is 8.25. The number of amides is 1. The highest BCUT2D eigenvalue weighted by Gasteiger charge is 2.24. The molecule has 100 valence electrons. The Morgan fingerprint density at radius 2 is 2.24 bits per heavy atom. The average molecular weight is 244 g/mol. The highest BCUT2D eigenvalue weighted by Crippen LogP contribution is 2.07. The molecule has 1 unspecified atom stereocenters. The molecule has 0 aromatic heterocycles. The summed E-state index contributed by atoms with van der Waals surface area (Å²) in [4.78, 5) is 13.6. The summed E-state index contributed by atoms with van der Waals surface area (Å²) in [6, 6.07) is 0.0218. The molecule has 0 bridgehead atoms. The first-order valence-corrected chi connectivity index (χ1v) is 6.30. The second-order valence-corrected chi connectivity index (χ2v) is 4.37. The molecule has 1 aliphatic rings. The fourth-order valence-corrected chi connectivity index (χ4v) is 1.88. The largest absolute Gasteiger partial charge is 0.385 e. The van der Waals surface area contributed by atoms with Crippen LogP contribution in [0.1, 0.15) is 19.3 Å². The minimum Gasteiger partial charge on any atom is -0.385 e. The predicted octanol–water partition coefficient (Wildman–Crippen LogP) is 0.250. The second-order valence-electron chi connectivity index (χ2n) is 4.37. The van der Waals surface area contributed by atoms with Gasteiger partial charge in [-0.1, -0.05) is 0 Å². The zero-order chi connectivity index (χ0) is 12.5. The van der Waals surface area contributed by atoms with Crippen molar-refractivity contribution < 1.29 is 14.3 Å². The van der Waals surface area contributed by atoms with Crippen LogP contribution in [0, 0.1) is 0 Å². The molecule has 0 aliphatic carbocycles. The van der Waals surface area contributed by atoms with E-state index in [9.17, 15) is 4.79 Å². The number of carbonyl (C=O) groups is 1. The molecule has 0 spiro atoms. The Balaban J connectivity index is 2.03. The molecule has 1 saturated heterocycles. The van der Waals surface area contributed by atoms with Crippen LogP contribution in [-0.4, -0.2) is 63.9 Å². The van der Waals surface area contributed by atoms with Gasteiger partial charge in [-0.25, -0.2) is 0 Å². The Morgan fingerprint density at radius 3 is 2.88 bits per heavy atom. The average Bonchev–Trinajstić information content (AvgIpc) is 2.86. The molecule has 1 aliphatic heterocycles. The number of methoxy groups -OCH3 is 1. The Hall–Kier alpha value is -0.650. The number of nitrogens with zero attached hydrogens (tertiary/aromatic N) is 1. The zero-order valence-corrected chi connectivity index (χ0v) is 10.9. The van der Waals surface area contributed by atoms with Crippen LogP contribution < -0.4 is 5.32 Å². The molecule has 0 aromatic carbocycles. The van der Waals surface area contributed by atoms with Gasteiger partial charge < -0.3 is 19.7 Å². The minimum absolute atomic E-state index is 0.0218.